The Morgan fingerprint density at radius 2 is 1.57 bits per heavy atom. The van der Waals surface area contributed by atoms with Crippen LogP contribution in [0, 0.1) is 0 Å². The summed E-state index contributed by atoms with van der Waals surface area (Å²) < 4.78 is 11.2. The molecule has 7 heteroatoms. The van der Waals surface area contributed by atoms with Crippen LogP contribution < -0.4 is 113 Å². The minimum absolute atomic E-state index is 0. The molecule has 0 saturated carbocycles. The summed E-state index contributed by atoms with van der Waals surface area (Å²) in [4.78, 5) is 20.7. The fourth-order valence-corrected chi connectivity index (χ4v) is 1.74. The van der Waals surface area contributed by atoms with Crippen molar-refractivity contribution in [1.29, 1.82) is 0 Å². The van der Waals surface area contributed by atoms with Crippen molar-refractivity contribution in [2.45, 2.75) is 6.16 Å². The van der Waals surface area contributed by atoms with Gasteiger partial charge in [-0.3, -0.25) is 0 Å². The first-order valence-electron chi connectivity index (χ1n) is 3.23. The Morgan fingerprint density at radius 1 is 1.14 bits per heavy atom. The number of hydrogen-bond acceptors (Lipinski definition) is 3. The van der Waals surface area contributed by atoms with E-state index in [1.54, 1.807) is 24.3 Å². The molecular formula is C7H6BrK2O3P. The summed E-state index contributed by atoms with van der Waals surface area (Å²) in [7, 11) is -4.42. The molecule has 0 aromatic heterocycles. The second-order valence-electron chi connectivity index (χ2n) is 2.40. The van der Waals surface area contributed by atoms with E-state index in [2.05, 4.69) is 15.9 Å². The van der Waals surface area contributed by atoms with Crippen LogP contribution in [0.25, 0.3) is 0 Å². The van der Waals surface area contributed by atoms with Gasteiger partial charge in [0.15, 0.2) is 0 Å². The van der Waals surface area contributed by atoms with Gasteiger partial charge >= 0.3 is 103 Å². The Labute approximate surface area is 177 Å². The zero-order valence-electron chi connectivity index (χ0n) is 8.07. The van der Waals surface area contributed by atoms with Gasteiger partial charge in [-0.1, -0.05) is 35.7 Å². The zero-order chi connectivity index (χ0) is 9.19. The van der Waals surface area contributed by atoms with Crippen LogP contribution in [0.1, 0.15) is 5.56 Å². The van der Waals surface area contributed by atoms with Crippen molar-refractivity contribution in [3.63, 3.8) is 0 Å². The van der Waals surface area contributed by atoms with E-state index in [1.165, 1.54) is 0 Å². The maximum Gasteiger partial charge on any atom is 1.00 e. The molecular weight excluding hydrogens is 321 g/mol. The molecule has 0 spiro atoms. The molecule has 0 aliphatic heterocycles. The van der Waals surface area contributed by atoms with E-state index in [0.29, 0.717) is 5.56 Å². The smallest absolute Gasteiger partial charge is 0.810 e. The first kappa shape index (κ1) is 19.5. The van der Waals surface area contributed by atoms with Gasteiger partial charge in [-0.2, -0.15) is 0 Å². The third kappa shape index (κ3) is 9.18. The van der Waals surface area contributed by atoms with Crippen molar-refractivity contribution >= 4 is 23.5 Å². The number of rotatable bonds is 2. The summed E-state index contributed by atoms with van der Waals surface area (Å²) in [6, 6.07) is 6.61. The van der Waals surface area contributed by atoms with E-state index >= 15 is 0 Å². The fraction of sp³-hybridized carbons (Fsp3) is 0.143. The van der Waals surface area contributed by atoms with Gasteiger partial charge in [-0.05, 0) is 17.7 Å². The average molecular weight is 327 g/mol. The zero-order valence-corrected chi connectivity index (χ0v) is 16.8. The summed E-state index contributed by atoms with van der Waals surface area (Å²) in [5, 5.41) is 0. The van der Waals surface area contributed by atoms with E-state index in [-0.39, 0.29) is 103 Å². The Bertz CT molecular complexity index is 311. The molecule has 0 saturated heterocycles. The van der Waals surface area contributed by atoms with Crippen molar-refractivity contribution < 1.29 is 117 Å². The van der Waals surface area contributed by atoms with Gasteiger partial charge in [-0.25, -0.2) is 0 Å². The second kappa shape index (κ2) is 9.11. The Balaban J connectivity index is 0. The second-order valence-corrected chi connectivity index (χ2v) is 4.85. The molecule has 66 valence electrons. The molecule has 1 rings (SSSR count). The largest absolute Gasteiger partial charge is 1.00 e. The SMILES string of the molecule is O=P([O-])([O-])Cc1ccc(Br)cc1.[K+].[K+]. The predicted octanol–water partition coefficient (Wildman–Crippen LogP) is -5.13. The summed E-state index contributed by atoms with van der Waals surface area (Å²) >= 11 is 3.20. The van der Waals surface area contributed by atoms with Gasteiger partial charge in [-0.15, -0.1) is 0 Å². The Morgan fingerprint density at radius 3 is 1.93 bits per heavy atom. The van der Waals surface area contributed by atoms with Gasteiger partial charge in [0.2, 0.25) is 0 Å². The van der Waals surface area contributed by atoms with Crippen molar-refractivity contribution in [1.82, 2.24) is 0 Å². The minimum atomic E-state index is -4.42. The van der Waals surface area contributed by atoms with E-state index in [1.807, 2.05) is 0 Å². The fourth-order valence-electron chi connectivity index (χ4n) is 0.813. The molecule has 0 aliphatic rings. The van der Waals surface area contributed by atoms with E-state index in [4.69, 9.17) is 0 Å². The third-order valence-corrected chi connectivity index (χ3v) is 2.57. The summed E-state index contributed by atoms with van der Waals surface area (Å²) in [5.74, 6) is 0. The van der Waals surface area contributed by atoms with E-state index in [0.717, 1.165) is 4.47 Å². The number of halogens is 1. The molecule has 0 atom stereocenters. The molecule has 0 N–H and O–H groups in total. The van der Waals surface area contributed by atoms with Crippen LogP contribution in [0.2, 0.25) is 0 Å². The third-order valence-electron chi connectivity index (χ3n) is 1.29. The molecule has 3 nitrogen and oxygen atoms in total. The van der Waals surface area contributed by atoms with Crippen LogP contribution in [-0.2, 0) is 10.7 Å². The maximum absolute atomic E-state index is 10.3. The van der Waals surface area contributed by atoms with Crippen LogP contribution in [0.4, 0.5) is 0 Å². The van der Waals surface area contributed by atoms with E-state index < -0.39 is 13.8 Å². The molecule has 0 radical (unpaired) electrons. The number of benzene rings is 1. The molecule has 0 heterocycles. The van der Waals surface area contributed by atoms with Gasteiger partial charge in [0.1, 0.15) is 0 Å². The van der Waals surface area contributed by atoms with Crippen LogP contribution in [-0.4, -0.2) is 0 Å². The molecule has 0 bridgehead atoms. The van der Waals surface area contributed by atoms with Crippen molar-refractivity contribution in [3.8, 4) is 0 Å². The first-order chi connectivity index (χ1) is 5.47. The summed E-state index contributed by atoms with van der Waals surface area (Å²) in [6.45, 7) is 0. The molecule has 14 heavy (non-hydrogen) atoms. The van der Waals surface area contributed by atoms with Crippen molar-refractivity contribution in [2.24, 2.45) is 0 Å². The summed E-state index contributed by atoms with van der Waals surface area (Å²) in [6.07, 6.45) is -0.416. The number of hydrogen-bond donors (Lipinski definition) is 0. The quantitative estimate of drug-likeness (QED) is 0.403. The van der Waals surface area contributed by atoms with Crippen molar-refractivity contribution in [3.05, 3.63) is 34.3 Å². The van der Waals surface area contributed by atoms with Gasteiger partial charge < -0.3 is 14.4 Å². The normalized spacial score (nSPS) is 9.93. The first-order valence-corrected chi connectivity index (χ1v) is 5.75. The molecule has 0 unspecified atom stereocenters. The molecule has 0 amide bonds. The predicted molar refractivity (Wildman–Crippen MR) is 45.5 cm³/mol. The Hall–Kier alpha value is 3.12. The van der Waals surface area contributed by atoms with Crippen LogP contribution in [0.5, 0.6) is 0 Å². The minimum Gasteiger partial charge on any atom is -0.810 e. The molecule has 1 aromatic rings. The molecule has 0 fully saturated rings. The standard InChI is InChI=1S/C7H8BrO3P.2K/c8-7-3-1-6(2-4-7)5-12(9,10)11;;/h1-4H,5H2,(H2,9,10,11);;/q;2*+1/p-2. The monoisotopic (exact) mass is 326 g/mol. The van der Waals surface area contributed by atoms with Crippen molar-refractivity contribution in [2.75, 3.05) is 0 Å². The molecule has 1 aromatic carbocycles. The van der Waals surface area contributed by atoms with Gasteiger partial charge in [0, 0.05) is 10.6 Å². The molecule has 0 aliphatic carbocycles. The maximum atomic E-state index is 10.3. The summed E-state index contributed by atoms with van der Waals surface area (Å²) in [5.41, 5.74) is 0.520. The average Bonchev–Trinajstić information content (AvgIpc) is 1.91. The Kier molecular flexibility index (Phi) is 12.7. The van der Waals surface area contributed by atoms with Gasteiger partial charge in [0.25, 0.3) is 0 Å². The van der Waals surface area contributed by atoms with E-state index in [9.17, 15) is 14.4 Å². The topological polar surface area (TPSA) is 63.2 Å². The van der Waals surface area contributed by atoms with Crippen LogP contribution in [0.15, 0.2) is 28.7 Å². The van der Waals surface area contributed by atoms with Gasteiger partial charge in [0.05, 0.1) is 0 Å². The van der Waals surface area contributed by atoms with Crippen LogP contribution in [0.3, 0.4) is 0 Å². The van der Waals surface area contributed by atoms with Crippen LogP contribution >= 0.6 is 23.5 Å².